The Hall–Kier alpha value is -3.88. The van der Waals surface area contributed by atoms with E-state index in [4.69, 9.17) is 10.6 Å². The Morgan fingerprint density at radius 1 is 0.839 bits per heavy atom. The number of hydrogen-bond donors (Lipinski definition) is 6. The van der Waals surface area contributed by atoms with Gasteiger partial charge in [0.1, 0.15) is 11.3 Å². The highest BCUT2D eigenvalue weighted by Crippen LogP contribution is 2.33. The number of urea groups is 1. The molecule has 2 saturated heterocycles. The van der Waals surface area contributed by atoms with Crippen LogP contribution in [0.5, 0.6) is 0 Å². The van der Waals surface area contributed by atoms with E-state index in [-0.39, 0.29) is 80.1 Å². The lowest BCUT2D eigenvalue weighted by molar-refractivity contribution is -0.136. The molecule has 5 amide bonds. The van der Waals surface area contributed by atoms with Crippen LogP contribution >= 0.6 is 33.3 Å². The van der Waals surface area contributed by atoms with Gasteiger partial charge in [-0.15, -0.1) is 0 Å². The zero-order valence-electron chi connectivity index (χ0n) is 30.5. The van der Waals surface area contributed by atoms with Crippen LogP contribution in [0, 0.1) is 23.3 Å². The first-order valence-corrected chi connectivity index (χ1v) is 21.8. The third kappa shape index (κ3) is 15.2. The molecule has 6 N–H and O–H groups in total. The van der Waals surface area contributed by atoms with Gasteiger partial charge in [-0.1, -0.05) is 39.5 Å². The van der Waals surface area contributed by atoms with E-state index >= 15 is 0 Å². The maximum atomic E-state index is 14.6. The minimum Gasteiger partial charge on any atom is -0.481 e. The minimum atomic E-state index is -2.10. The van der Waals surface area contributed by atoms with Crippen LogP contribution in [-0.4, -0.2) is 94.3 Å². The molecule has 0 saturated carbocycles. The average Bonchev–Trinajstić information content (AvgIpc) is 3.72. The van der Waals surface area contributed by atoms with Crippen LogP contribution in [0.25, 0.3) is 10.4 Å². The monoisotopic (exact) mass is 850 g/mol. The zero-order valence-corrected chi connectivity index (χ0v) is 33.0. The van der Waals surface area contributed by atoms with E-state index in [1.54, 1.807) is 0 Å². The van der Waals surface area contributed by atoms with Crippen molar-refractivity contribution in [1.82, 2.24) is 26.6 Å². The van der Waals surface area contributed by atoms with Gasteiger partial charge in [0, 0.05) is 59.8 Å². The molecule has 2 fully saturated rings. The number of carbonyl (C=O) groups excluding carboxylic acids is 5. The highest BCUT2D eigenvalue weighted by Gasteiger charge is 2.42. The molecule has 0 spiro atoms. The normalized spacial score (nSPS) is 17.6. The van der Waals surface area contributed by atoms with Crippen LogP contribution in [0.4, 0.5) is 28.0 Å². The molecule has 15 nitrogen and oxygen atoms in total. The molecule has 1 aromatic rings. The van der Waals surface area contributed by atoms with Crippen LogP contribution in [-0.2, 0) is 19.2 Å². The fourth-order valence-electron chi connectivity index (χ4n) is 6.03. The number of fused-ring (bicyclic) bond motifs is 1. The zero-order chi connectivity index (χ0) is 41.0. The van der Waals surface area contributed by atoms with Crippen LogP contribution in [0.3, 0.4) is 0 Å². The van der Waals surface area contributed by atoms with Crippen molar-refractivity contribution in [2.75, 3.05) is 30.3 Å². The van der Waals surface area contributed by atoms with Crippen molar-refractivity contribution >= 4 is 74.5 Å². The number of carboxylic acids is 1. The Bertz CT molecular complexity index is 1600. The molecule has 56 heavy (non-hydrogen) atoms. The van der Waals surface area contributed by atoms with Crippen LogP contribution in [0.15, 0.2) is 5.11 Å². The summed E-state index contributed by atoms with van der Waals surface area (Å²) in [4.78, 5) is 74.6. The van der Waals surface area contributed by atoms with Crippen molar-refractivity contribution in [2.24, 2.45) is 5.11 Å². The number of thioether (sulfide) groups is 1. The first-order chi connectivity index (χ1) is 26.8. The summed E-state index contributed by atoms with van der Waals surface area (Å²) in [6.07, 6.45) is 5.69. The van der Waals surface area contributed by atoms with Crippen molar-refractivity contribution in [1.29, 1.82) is 0 Å². The molecule has 4 atom stereocenters. The van der Waals surface area contributed by atoms with Crippen LogP contribution < -0.4 is 26.6 Å². The van der Waals surface area contributed by atoms with Crippen molar-refractivity contribution in [2.45, 2.75) is 107 Å². The minimum absolute atomic E-state index is 0.0205. The number of Topliss-reactive ketones (excluding diaryl/α,β-unsaturated/α-hetero) is 1. The summed E-state index contributed by atoms with van der Waals surface area (Å²) in [6.45, 7) is 0.732. The number of aliphatic carboxylic acids is 1. The summed E-state index contributed by atoms with van der Waals surface area (Å²) in [5, 5.41) is 25.4. The molecule has 2 heterocycles. The molecule has 0 bridgehead atoms. The molecule has 2 aliphatic rings. The van der Waals surface area contributed by atoms with E-state index < -0.39 is 58.2 Å². The molecule has 0 aliphatic carbocycles. The molecule has 0 aromatic heterocycles. The highest BCUT2D eigenvalue weighted by atomic mass is 33.1. The molecule has 1 aromatic carbocycles. The fourth-order valence-corrected chi connectivity index (χ4v) is 9.56. The van der Waals surface area contributed by atoms with Crippen LogP contribution in [0.2, 0.25) is 0 Å². The summed E-state index contributed by atoms with van der Waals surface area (Å²) in [5.74, 6) is -10.3. The third-order valence-corrected chi connectivity index (χ3v) is 12.9. The van der Waals surface area contributed by atoms with Crippen molar-refractivity contribution in [3.8, 4) is 0 Å². The molecule has 310 valence electrons. The van der Waals surface area contributed by atoms with Gasteiger partial charge < -0.3 is 31.7 Å². The third-order valence-electron chi connectivity index (χ3n) is 8.95. The molecular formula is C34H46F4N8O7S3. The lowest BCUT2D eigenvalue weighted by Gasteiger charge is -2.19. The van der Waals surface area contributed by atoms with Gasteiger partial charge >= 0.3 is 12.0 Å². The number of carbonyl (C=O) groups is 6. The van der Waals surface area contributed by atoms with Gasteiger partial charge in [-0.05, 0) is 50.5 Å². The quantitative estimate of drug-likeness (QED) is 0.00912. The number of rotatable bonds is 27. The standard InChI is InChI=1S/C34H46F4N8O7S3/c35-27-26(28(36)30(38)32(29(27)37)45-46-39)33(52)42-19(21(47)12-16-55-56-17-13-25(50)51)8-5-7-15-41-23(48)10-2-1-6-14-40-24(49)11-4-3-9-22-31-20(18-54-22)43-34(53)44-31/h19-20,22,31H,1-18H2,(H,40,49)(H,41,48)(H,42,52)(H,50,51)(H2,43,44,53). The number of amides is 5. The smallest absolute Gasteiger partial charge is 0.315 e. The molecule has 0 radical (unpaired) electrons. The van der Waals surface area contributed by atoms with E-state index in [0.29, 0.717) is 37.5 Å². The second-order valence-corrected chi connectivity index (χ2v) is 17.0. The lowest BCUT2D eigenvalue weighted by Crippen LogP contribution is -2.42. The van der Waals surface area contributed by atoms with Gasteiger partial charge in [-0.25, -0.2) is 22.4 Å². The number of nitrogens with one attached hydrogen (secondary N) is 5. The summed E-state index contributed by atoms with van der Waals surface area (Å²) < 4.78 is 57.8. The molecule has 2 aliphatic heterocycles. The van der Waals surface area contributed by atoms with Crippen molar-refractivity contribution in [3.63, 3.8) is 0 Å². The van der Waals surface area contributed by atoms with E-state index in [9.17, 15) is 46.3 Å². The number of ketones is 1. The molecular weight excluding hydrogens is 805 g/mol. The predicted molar refractivity (Wildman–Crippen MR) is 205 cm³/mol. The van der Waals surface area contributed by atoms with Crippen LogP contribution in [0.1, 0.15) is 93.8 Å². The fraction of sp³-hybridized carbons (Fsp3) is 0.647. The van der Waals surface area contributed by atoms with Gasteiger partial charge in [0.25, 0.3) is 5.91 Å². The number of halogens is 4. The van der Waals surface area contributed by atoms with Crippen molar-refractivity contribution < 1.29 is 51.4 Å². The Morgan fingerprint density at radius 2 is 1.45 bits per heavy atom. The van der Waals surface area contributed by atoms with Gasteiger partial charge in [0.15, 0.2) is 29.1 Å². The molecule has 3 rings (SSSR count). The number of nitrogens with zero attached hydrogens (tertiary/aromatic N) is 3. The van der Waals surface area contributed by atoms with Gasteiger partial charge in [-0.2, -0.15) is 11.8 Å². The first kappa shape index (κ1) is 46.5. The first-order valence-electron chi connectivity index (χ1n) is 18.3. The van der Waals surface area contributed by atoms with E-state index in [1.165, 1.54) is 21.6 Å². The Labute approximate surface area is 333 Å². The average molecular weight is 851 g/mol. The van der Waals surface area contributed by atoms with E-state index in [0.717, 1.165) is 31.4 Å². The number of azide groups is 1. The van der Waals surface area contributed by atoms with Gasteiger partial charge in [0.05, 0.1) is 24.5 Å². The number of carboxylic acid groups (broad SMARTS) is 1. The largest absolute Gasteiger partial charge is 0.481 e. The number of unbranched alkanes of at least 4 members (excludes halogenated alkanes) is 4. The lowest BCUT2D eigenvalue weighted by atomic mass is 10.0. The molecule has 22 heteroatoms. The van der Waals surface area contributed by atoms with Gasteiger partial charge in [-0.3, -0.25) is 24.0 Å². The topological polar surface area (TPSA) is 232 Å². The second kappa shape index (κ2) is 24.7. The van der Waals surface area contributed by atoms with Crippen molar-refractivity contribution in [3.05, 3.63) is 39.3 Å². The Morgan fingerprint density at radius 3 is 2.07 bits per heavy atom. The summed E-state index contributed by atoms with van der Waals surface area (Å²) in [6, 6.07) is -1.09. The highest BCUT2D eigenvalue weighted by molar-refractivity contribution is 8.76. The summed E-state index contributed by atoms with van der Waals surface area (Å²) in [7, 11) is 2.43. The van der Waals surface area contributed by atoms with E-state index in [2.05, 4.69) is 36.6 Å². The number of hydrogen-bond acceptors (Lipinski definition) is 10. The SMILES string of the molecule is [N-]=[N+]=Nc1c(F)c(F)c(C(=O)NC(CCCCNC(=O)CCCCCNC(=O)CCCCC2SCC3NC(=O)NC32)C(=O)CCSSCCC(=O)O)c(F)c1F. The predicted octanol–water partition coefficient (Wildman–Crippen LogP) is 5.79. The summed E-state index contributed by atoms with van der Waals surface area (Å²) in [5.41, 5.74) is 5.22. The Kier molecular flexibility index (Phi) is 20.5. The maximum Gasteiger partial charge on any atom is 0.315 e. The number of benzene rings is 1. The molecule has 4 unspecified atom stereocenters. The second-order valence-electron chi connectivity index (χ2n) is 13.1. The van der Waals surface area contributed by atoms with Gasteiger partial charge in [0.2, 0.25) is 11.8 Å². The van der Waals surface area contributed by atoms with E-state index in [1.807, 2.05) is 11.8 Å². The maximum absolute atomic E-state index is 14.6. The summed E-state index contributed by atoms with van der Waals surface area (Å²) >= 11 is 1.85. The Balaban J connectivity index is 1.33.